The fourth-order valence-corrected chi connectivity index (χ4v) is 5.09. The van der Waals surface area contributed by atoms with Gasteiger partial charge in [-0.1, -0.05) is 11.2 Å². The number of thioether (sulfide) groups is 2. The van der Waals surface area contributed by atoms with Crippen molar-refractivity contribution < 1.29 is 18.8 Å². The van der Waals surface area contributed by atoms with Crippen molar-refractivity contribution in [2.75, 3.05) is 30.5 Å². The summed E-state index contributed by atoms with van der Waals surface area (Å²) in [7, 11) is 1.60. The van der Waals surface area contributed by atoms with E-state index in [2.05, 4.69) is 10.5 Å². The van der Waals surface area contributed by atoms with Gasteiger partial charge in [0, 0.05) is 17.6 Å². The van der Waals surface area contributed by atoms with Crippen LogP contribution in [-0.2, 0) is 4.79 Å². The van der Waals surface area contributed by atoms with E-state index < -0.39 is 0 Å². The molecule has 1 aliphatic rings. The number of amides is 1. The van der Waals surface area contributed by atoms with E-state index in [0.717, 1.165) is 11.5 Å². The minimum Gasteiger partial charge on any atom is -0.493 e. The standard InChI is InChI=1S/C16H18N2O4S2/c1-10-7-14(18-22-10)17-15(19)9-21-12-4-3-11(8-13(12)20-2)16-23-5-6-24-16/h3-4,7-8,16H,5-6,9H2,1-2H3,(H,17,18,19). The second-order valence-corrected chi connectivity index (χ2v) is 7.87. The summed E-state index contributed by atoms with van der Waals surface area (Å²) in [6.07, 6.45) is 0. The Labute approximate surface area is 148 Å². The Morgan fingerprint density at radius 2 is 2.12 bits per heavy atom. The molecule has 0 saturated carbocycles. The SMILES string of the molecule is COc1cc(C2SCCS2)ccc1OCC(=O)Nc1cc(C)on1. The number of benzene rings is 1. The zero-order valence-electron chi connectivity index (χ0n) is 13.4. The van der Waals surface area contributed by atoms with Crippen LogP contribution in [0.4, 0.5) is 5.82 Å². The maximum absolute atomic E-state index is 11.9. The van der Waals surface area contributed by atoms with Crippen molar-refractivity contribution in [1.29, 1.82) is 0 Å². The van der Waals surface area contributed by atoms with Crippen LogP contribution in [0, 0.1) is 6.92 Å². The topological polar surface area (TPSA) is 73.6 Å². The Morgan fingerprint density at radius 1 is 1.33 bits per heavy atom. The number of aromatic nitrogens is 1. The smallest absolute Gasteiger partial charge is 0.263 e. The zero-order valence-corrected chi connectivity index (χ0v) is 15.0. The predicted octanol–water partition coefficient (Wildman–Crippen LogP) is 3.49. The Bertz CT molecular complexity index is 714. The van der Waals surface area contributed by atoms with Gasteiger partial charge in [0.1, 0.15) is 5.76 Å². The van der Waals surface area contributed by atoms with E-state index in [1.165, 1.54) is 5.56 Å². The molecule has 0 radical (unpaired) electrons. The third-order valence-electron chi connectivity index (χ3n) is 3.34. The van der Waals surface area contributed by atoms with E-state index in [0.29, 0.717) is 27.7 Å². The van der Waals surface area contributed by atoms with Gasteiger partial charge in [-0.25, -0.2) is 0 Å². The fraction of sp³-hybridized carbons (Fsp3) is 0.375. The van der Waals surface area contributed by atoms with Crippen molar-refractivity contribution >= 4 is 35.2 Å². The van der Waals surface area contributed by atoms with Gasteiger partial charge in [-0.2, -0.15) is 0 Å². The number of aryl methyl sites for hydroxylation is 1. The van der Waals surface area contributed by atoms with Crippen LogP contribution < -0.4 is 14.8 Å². The normalized spacial score (nSPS) is 14.6. The summed E-state index contributed by atoms with van der Waals surface area (Å²) >= 11 is 3.86. The molecule has 2 aromatic rings. The van der Waals surface area contributed by atoms with Gasteiger partial charge in [0.15, 0.2) is 23.9 Å². The molecule has 1 N–H and O–H groups in total. The molecule has 8 heteroatoms. The lowest BCUT2D eigenvalue weighted by molar-refractivity contribution is -0.118. The molecule has 0 spiro atoms. The van der Waals surface area contributed by atoms with Crippen LogP contribution in [0.25, 0.3) is 0 Å². The second kappa shape index (κ2) is 7.85. The van der Waals surface area contributed by atoms with Gasteiger partial charge in [0.25, 0.3) is 5.91 Å². The largest absolute Gasteiger partial charge is 0.493 e. The van der Waals surface area contributed by atoms with Gasteiger partial charge in [0.05, 0.1) is 11.7 Å². The average Bonchev–Trinajstić information content (AvgIpc) is 3.24. The summed E-state index contributed by atoms with van der Waals surface area (Å²) in [6, 6.07) is 7.49. The first kappa shape index (κ1) is 17.0. The maximum atomic E-state index is 11.9. The molecule has 0 atom stereocenters. The molecular weight excluding hydrogens is 348 g/mol. The highest BCUT2D eigenvalue weighted by molar-refractivity contribution is 8.19. The molecule has 6 nitrogen and oxygen atoms in total. The third-order valence-corrected chi connectivity index (χ3v) is 6.44. The highest BCUT2D eigenvalue weighted by Crippen LogP contribution is 2.46. The molecule has 1 aromatic carbocycles. The molecule has 3 rings (SSSR count). The molecule has 1 aromatic heterocycles. The molecule has 0 unspecified atom stereocenters. The predicted molar refractivity (Wildman–Crippen MR) is 96.0 cm³/mol. The highest BCUT2D eigenvalue weighted by atomic mass is 32.2. The number of carbonyl (C=O) groups is 1. The number of hydrogen-bond acceptors (Lipinski definition) is 7. The van der Waals surface area contributed by atoms with Crippen LogP contribution in [0.1, 0.15) is 15.9 Å². The first-order valence-corrected chi connectivity index (χ1v) is 9.52. The molecule has 24 heavy (non-hydrogen) atoms. The molecular formula is C16H18N2O4S2. The number of carbonyl (C=O) groups excluding carboxylic acids is 1. The summed E-state index contributed by atoms with van der Waals surface area (Å²) in [5.41, 5.74) is 1.20. The van der Waals surface area contributed by atoms with Gasteiger partial charge in [-0.05, 0) is 24.6 Å². The van der Waals surface area contributed by atoms with Gasteiger partial charge in [0.2, 0.25) is 0 Å². The number of methoxy groups -OCH3 is 1. The van der Waals surface area contributed by atoms with Crippen molar-refractivity contribution in [2.45, 2.75) is 11.5 Å². The molecule has 1 fully saturated rings. The summed E-state index contributed by atoms with van der Waals surface area (Å²) in [6.45, 7) is 1.63. The van der Waals surface area contributed by atoms with E-state index in [4.69, 9.17) is 14.0 Å². The summed E-state index contributed by atoms with van der Waals surface area (Å²) in [5, 5.41) is 6.32. The van der Waals surface area contributed by atoms with E-state index >= 15 is 0 Å². The van der Waals surface area contributed by atoms with Gasteiger partial charge < -0.3 is 19.3 Å². The van der Waals surface area contributed by atoms with E-state index in [1.807, 2.05) is 41.7 Å². The quantitative estimate of drug-likeness (QED) is 0.839. The van der Waals surface area contributed by atoms with Crippen molar-refractivity contribution in [3.8, 4) is 11.5 Å². The van der Waals surface area contributed by atoms with Gasteiger partial charge in [-0.15, -0.1) is 23.5 Å². The van der Waals surface area contributed by atoms with Crippen LogP contribution in [-0.4, -0.2) is 36.3 Å². The molecule has 1 amide bonds. The monoisotopic (exact) mass is 366 g/mol. The van der Waals surface area contributed by atoms with Crippen LogP contribution in [0.15, 0.2) is 28.8 Å². The van der Waals surface area contributed by atoms with Crippen molar-refractivity contribution in [3.63, 3.8) is 0 Å². The molecule has 0 aliphatic carbocycles. The summed E-state index contributed by atoms with van der Waals surface area (Å²) in [4.78, 5) is 11.9. The minimum atomic E-state index is -0.309. The number of nitrogens with one attached hydrogen (secondary N) is 1. The number of rotatable bonds is 6. The first-order valence-electron chi connectivity index (χ1n) is 7.43. The number of ether oxygens (including phenoxy) is 2. The molecule has 128 valence electrons. The van der Waals surface area contributed by atoms with Crippen LogP contribution in [0.2, 0.25) is 0 Å². The Kier molecular flexibility index (Phi) is 5.57. The van der Waals surface area contributed by atoms with Crippen molar-refractivity contribution in [1.82, 2.24) is 5.16 Å². The fourth-order valence-electron chi connectivity index (χ4n) is 2.25. The Morgan fingerprint density at radius 3 is 2.79 bits per heavy atom. The zero-order chi connectivity index (χ0) is 16.9. The minimum absolute atomic E-state index is 0.130. The molecule has 0 bridgehead atoms. The van der Waals surface area contributed by atoms with Crippen LogP contribution in [0.3, 0.4) is 0 Å². The van der Waals surface area contributed by atoms with Gasteiger partial charge >= 0.3 is 0 Å². The number of hydrogen-bond donors (Lipinski definition) is 1. The van der Waals surface area contributed by atoms with Crippen molar-refractivity contribution in [3.05, 3.63) is 35.6 Å². The Hall–Kier alpha value is -1.80. The maximum Gasteiger partial charge on any atom is 0.263 e. The summed E-state index contributed by atoms with van der Waals surface area (Å²) in [5.74, 6) is 4.20. The molecule has 1 aliphatic heterocycles. The summed E-state index contributed by atoms with van der Waals surface area (Å²) < 4.78 is 16.3. The lowest BCUT2D eigenvalue weighted by atomic mass is 10.2. The lowest BCUT2D eigenvalue weighted by Gasteiger charge is -2.14. The number of anilines is 1. The number of nitrogens with zero attached hydrogens (tertiary/aromatic N) is 1. The van der Waals surface area contributed by atoms with Gasteiger partial charge in [-0.3, -0.25) is 4.79 Å². The third kappa shape index (κ3) is 4.18. The van der Waals surface area contributed by atoms with E-state index in [9.17, 15) is 4.79 Å². The molecule has 2 heterocycles. The van der Waals surface area contributed by atoms with E-state index in [-0.39, 0.29) is 12.5 Å². The van der Waals surface area contributed by atoms with Crippen molar-refractivity contribution in [2.24, 2.45) is 0 Å². The van der Waals surface area contributed by atoms with Crippen LogP contribution >= 0.6 is 23.5 Å². The van der Waals surface area contributed by atoms with Crippen LogP contribution in [0.5, 0.6) is 11.5 Å². The lowest BCUT2D eigenvalue weighted by Crippen LogP contribution is -2.20. The first-order chi connectivity index (χ1) is 11.7. The average molecular weight is 366 g/mol. The highest BCUT2D eigenvalue weighted by Gasteiger charge is 2.20. The Balaban J connectivity index is 1.60. The second-order valence-electron chi connectivity index (χ2n) is 5.14. The molecule has 1 saturated heterocycles. The van der Waals surface area contributed by atoms with E-state index in [1.54, 1.807) is 20.1 Å².